The predicted molar refractivity (Wildman–Crippen MR) is 134 cm³/mol. The summed E-state index contributed by atoms with van der Waals surface area (Å²) < 4.78 is 11.5. The third-order valence-electron chi connectivity index (χ3n) is 7.02. The molecule has 1 N–H and O–H groups in total. The zero-order valence-corrected chi connectivity index (χ0v) is 21.3. The van der Waals surface area contributed by atoms with Crippen LogP contribution in [-0.2, 0) is 9.53 Å². The van der Waals surface area contributed by atoms with Gasteiger partial charge in [-0.05, 0) is 49.2 Å². The van der Waals surface area contributed by atoms with Crippen LogP contribution < -0.4 is 10.1 Å². The lowest BCUT2D eigenvalue weighted by atomic mass is 9.96. The van der Waals surface area contributed by atoms with Crippen molar-refractivity contribution >= 4 is 40.9 Å². The first-order valence-electron chi connectivity index (χ1n) is 12.0. The van der Waals surface area contributed by atoms with E-state index in [1.54, 1.807) is 52.3 Å². The van der Waals surface area contributed by atoms with Crippen LogP contribution in [0.1, 0.15) is 46.4 Å². The van der Waals surface area contributed by atoms with E-state index in [4.69, 9.17) is 32.7 Å². The molecule has 0 aromatic heterocycles. The van der Waals surface area contributed by atoms with Crippen LogP contribution in [0.3, 0.4) is 0 Å². The highest BCUT2D eigenvalue weighted by Crippen LogP contribution is 2.39. The van der Waals surface area contributed by atoms with Gasteiger partial charge >= 0.3 is 0 Å². The molecule has 2 aromatic rings. The molecular weight excluding hydrogens is 505 g/mol. The quantitative estimate of drug-likeness (QED) is 0.634. The summed E-state index contributed by atoms with van der Waals surface area (Å²) in [6.45, 7) is 0.824. The summed E-state index contributed by atoms with van der Waals surface area (Å²) in [6.07, 6.45) is 2.64. The first kappa shape index (κ1) is 24.9. The van der Waals surface area contributed by atoms with Crippen LogP contribution in [0.15, 0.2) is 42.5 Å². The van der Waals surface area contributed by atoms with E-state index in [1.807, 2.05) is 0 Å². The van der Waals surface area contributed by atoms with Crippen LogP contribution in [0.25, 0.3) is 0 Å². The summed E-state index contributed by atoms with van der Waals surface area (Å²) in [5.74, 6) is -0.127. The van der Waals surface area contributed by atoms with E-state index in [2.05, 4.69) is 5.32 Å². The molecule has 2 heterocycles. The molecule has 3 amide bonds. The number of carbonyl (C=O) groups excluding carboxylic acids is 3. The summed E-state index contributed by atoms with van der Waals surface area (Å²) in [4.78, 5) is 43.3. The Bertz CT molecular complexity index is 1190. The molecule has 1 aliphatic carbocycles. The number of methoxy groups -OCH3 is 1. The second-order valence-electron chi connectivity index (χ2n) is 9.38. The normalized spacial score (nSPS) is 20.9. The lowest BCUT2D eigenvalue weighted by molar-refractivity contribution is -0.128. The van der Waals surface area contributed by atoms with Crippen LogP contribution in [0.4, 0.5) is 0 Å². The van der Waals surface area contributed by atoms with E-state index < -0.39 is 11.8 Å². The zero-order valence-electron chi connectivity index (χ0n) is 19.8. The first-order valence-corrected chi connectivity index (χ1v) is 12.7. The molecule has 0 bridgehead atoms. The summed E-state index contributed by atoms with van der Waals surface area (Å²) in [7, 11) is 1.54. The van der Waals surface area contributed by atoms with E-state index >= 15 is 0 Å². The van der Waals surface area contributed by atoms with E-state index in [-0.39, 0.29) is 30.4 Å². The number of nitrogens with one attached hydrogen (secondary N) is 1. The fourth-order valence-corrected chi connectivity index (χ4v) is 5.16. The summed E-state index contributed by atoms with van der Waals surface area (Å²) in [5, 5.41) is 3.71. The smallest absolute Gasteiger partial charge is 0.257 e. The number of likely N-dealkylation sites (tertiary alicyclic amines) is 1. The maximum absolute atomic E-state index is 13.8. The van der Waals surface area contributed by atoms with Crippen molar-refractivity contribution in [1.29, 1.82) is 0 Å². The van der Waals surface area contributed by atoms with Crippen LogP contribution in [0.2, 0.25) is 10.0 Å². The van der Waals surface area contributed by atoms with E-state index in [1.165, 1.54) is 7.11 Å². The number of hydrogen-bond donors (Lipinski definition) is 1. The van der Waals surface area contributed by atoms with Gasteiger partial charge in [0.15, 0.2) is 0 Å². The van der Waals surface area contributed by atoms with Crippen LogP contribution >= 0.6 is 23.2 Å². The fourth-order valence-electron chi connectivity index (χ4n) is 4.86. The van der Waals surface area contributed by atoms with Crippen molar-refractivity contribution in [2.75, 3.05) is 26.8 Å². The molecule has 1 saturated carbocycles. The molecule has 0 radical (unpaired) electrons. The zero-order chi connectivity index (χ0) is 25.4. The van der Waals surface area contributed by atoms with E-state index in [0.29, 0.717) is 52.9 Å². The average molecular weight is 532 g/mol. The minimum absolute atomic E-state index is 0.106. The maximum atomic E-state index is 13.8. The molecule has 2 aliphatic heterocycles. The highest BCUT2D eigenvalue weighted by Gasteiger charge is 2.54. The topological polar surface area (TPSA) is 88.2 Å². The minimum atomic E-state index is -0.986. The number of nitrogens with zero attached hydrogens (tertiary/aromatic N) is 2. The third-order valence-corrected chi connectivity index (χ3v) is 7.76. The number of amides is 3. The first-order chi connectivity index (χ1) is 17.3. The number of carbonyl (C=O) groups is 3. The standard InChI is InChI=1S/C26H27Cl2N3O5/c1-35-19-4-2-3-16(13-19)25(34)31-22(23(32)29-18-6-7-18)15-36-26(31)9-11-30(12-10-26)24(33)17-5-8-20(27)21(28)14-17/h2-5,8,13-14,18,22H,6-7,9-12,15H2,1H3,(H,29,32)/t22-/m0/s1. The Labute approximate surface area is 219 Å². The number of rotatable bonds is 5. The molecule has 3 aliphatic rings. The van der Waals surface area contributed by atoms with E-state index in [9.17, 15) is 14.4 Å². The van der Waals surface area contributed by atoms with Gasteiger partial charge in [-0.2, -0.15) is 0 Å². The van der Waals surface area contributed by atoms with Gasteiger partial charge in [-0.15, -0.1) is 0 Å². The van der Waals surface area contributed by atoms with Gasteiger partial charge in [0.05, 0.1) is 23.8 Å². The molecule has 2 aromatic carbocycles. The van der Waals surface area contributed by atoms with Gasteiger partial charge in [0.25, 0.3) is 11.8 Å². The van der Waals surface area contributed by atoms with Crippen LogP contribution in [-0.4, -0.2) is 72.1 Å². The fraction of sp³-hybridized carbons (Fsp3) is 0.423. The van der Waals surface area contributed by atoms with Crippen molar-refractivity contribution < 1.29 is 23.9 Å². The Hall–Kier alpha value is -2.81. The molecular formula is C26H27Cl2N3O5. The Kier molecular flexibility index (Phi) is 6.85. The van der Waals surface area contributed by atoms with Crippen molar-refractivity contribution in [3.63, 3.8) is 0 Å². The Balaban J connectivity index is 1.38. The van der Waals surface area contributed by atoms with Crippen molar-refractivity contribution in [2.24, 2.45) is 0 Å². The van der Waals surface area contributed by atoms with Gasteiger partial charge in [0, 0.05) is 43.1 Å². The number of piperidine rings is 1. The molecule has 1 atom stereocenters. The van der Waals surface area contributed by atoms with Crippen molar-refractivity contribution in [1.82, 2.24) is 15.1 Å². The summed E-state index contributed by atoms with van der Waals surface area (Å²) >= 11 is 12.1. The van der Waals surface area contributed by atoms with Gasteiger partial charge in [0.2, 0.25) is 5.91 Å². The summed E-state index contributed by atoms with van der Waals surface area (Å²) in [5.41, 5.74) is -0.128. The van der Waals surface area contributed by atoms with Crippen LogP contribution in [0, 0.1) is 0 Å². The number of halogens is 2. The molecule has 2 saturated heterocycles. The predicted octanol–water partition coefficient (Wildman–Crippen LogP) is 3.75. The van der Waals surface area contributed by atoms with Gasteiger partial charge in [-0.3, -0.25) is 19.3 Å². The molecule has 10 heteroatoms. The SMILES string of the molecule is COc1cccc(C(=O)N2[C@H](C(=O)NC3CC3)COC23CCN(C(=O)c2ccc(Cl)c(Cl)c2)CC3)c1. The average Bonchev–Trinajstić information content (AvgIpc) is 3.64. The molecule has 5 rings (SSSR count). The van der Waals surface area contributed by atoms with Crippen molar-refractivity contribution in [3.05, 3.63) is 63.6 Å². The molecule has 0 unspecified atom stereocenters. The van der Waals surface area contributed by atoms with Gasteiger partial charge < -0.3 is 19.7 Å². The van der Waals surface area contributed by atoms with Crippen LogP contribution in [0.5, 0.6) is 5.75 Å². The van der Waals surface area contributed by atoms with Crippen molar-refractivity contribution in [3.8, 4) is 5.75 Å². The van der Waals surface area contributed by atoms with Crippen molar-refractivity contribution in [2.45, 2.75) is 43.5 Å². The largest absolute Gasteiger partial charge is 0.497 e. The maximum Gasteiger partial charge on any atom is 0.257 e. The van der Waals surface area contributed by atoms with E-state index in [0.717, 1.165) is 12.8 Å². The molecule has 36 heavy (non-hydrogen) atoms. The second kappa shape index (κ2) is 9.92. The molecule has 1 spiro atoms. The Morgan fingerprint density at radius 1 is 1.00 bits per heavy atom. The number of ether oxygens (including phenoxy) is 2. The molecule has 190 valence electrons. The monoisotopic (exact) mass is 531 g/mol. The molecule has 3 fully saturated rings. The highest BCUT2D eigenvalue weighted by atomic mass is 35.5. The number of hydrogen-bond acceptors (Lipinski definition) is 5. The summed E-state index contributed by atoms with van der Waals surface area (Å²) in [6, 6.07) is 11.1. The number of benzene rings is 2. The lowest BCUT2D eigenvalue weighted by Gasteiger charge is -2.44. The second-order valence-corrected chi connectivity index (χ2v) is 10.2. The van der Waals surface area contributed by atoms with Gasteiger partial charge in [0.1, 0.15) is 17.5 Å². The Morgan fingerprint density at radius 3 is 2.39 bits per heavy atom. The minimum Gasteiger partial charge on any atom is -0.497 e. The third kappa shape index (κ3) is 4.77. The Morgan fingerprint density at radius 2 is 1.72 bits per heavy atom. The lowest BCUT2D eigenvalue weighted by Crippen LogP contribution is -2.60. The highest BCUT2D eigenvalue weighted by molar-refractivity contribution is 6.42. The van der Waals surface area contributed by atoms with Gasteiger partial charge in [-0.1, -0.05) is 29.3 Å². The molecule has 8 nitrogen and oxygen atoms in total. The van der Waals surface area contributed by atoms with Gasteiger partial charge in [-0.25, -0.2) is 0 Å².